The van der Waals surface area contributed by atoms with Gasteiger partial charge in [0, 0.05) is 4.88 Å². The van der Waals surface area contributed by atoms with Crippen LogP contribution in [0.5, 0.6) is 0 Å². The summed E-state index contributed by atoms with van der Waals surface area (Å²) in [7, 11) is 0. The number of thiazole rings is 2. The molecular formula is C13H18N4OS2. The fourth-order valence-electron chi connectivity index (χ4n) is 1.84. The molecule has 20 heavy (non-hydrogen) atoms. The number of aromatic nitrogens is 2. The number of nitrogen functional groups attached to an aromatic ring is 1. The van der Waals surface area contributed by atoms with E-state index >= 15 is 0 Å². The Labute approximate surface area is 126 Å². The summed E-state index contributed by atoms with van der Waals surface area (Å²) >= 11 is 2.85. The Bertz CT molecular complexity index is 613. The van der Waals surface area contributed by atoms with Crippen LogP contribution in [-0.2, 0) is 0 Å². The normalized spacial score (nSPS) is 12.4. The number of aryl methyl sites for hydroxylation is 3. The van der Waals surface area contributed by atoms with Gasteiger partial charge in [0.25, 0.3) is 5.91 Å². The van der Waals surface area contributed by atoms with Gasteiger partial charge in [-0.15, -0.1) is 11.3 Å². The summed E-state index contributed by atoms with van der Waals surface area (Å²) in [5, 5.41) is 4.39. The minimum Gasteiger partial charge on any atom is -0.375 e. The van der Waals surface area contributed by atoms with Crippen molar-refractivity contribution >= 4 is 33.7 Å². The average Bonchev–Trinajstić information content (AvgIpc) is 2.89. The van der Waals surface area contributed by atoms with Crippen LogP contribution in [0.25, 0.3) is 0 Å². The highest BCUT2D eigenvalue weighted by Gasteiger charge is 2.21. The average molecular weight is 310 g/mol. The number of carbonyl (C=O) groups is 1. The first-order chi connectivity index (χ1) is 9.42. The molecule has 2 aromatic heterocycles. The lowest BCUT2D eigenvalue weighted by Gasteiger charge is -2.13. The van der Waals surface area contributed by atoms with Crippen molar-refractivity contribution in [3.05, 3.63) is 26.1 Å². The molecule has 5 nitrogen and oxygen atoms in total. The molecule has 0 bridgehead atoms. The van der Waals surface area contributed by atoms with E-state index < -0.39 is 0 Å². The Kier molecular flexibility index (Phi) is 4.39. The topological polar surface area (TPSA) is 80.9 Å². The van der Waals surface area contributed by atoms with Gasteiger partial charge in [0.05, 0.1) is 17.4 Å². The zero-order valence-electron chi connectivity index (χ0n) is 12.0. The quantitative estimate of drug-likeness (QED) is 0.909. The molecule has 1 amide bonds. The molecule has 1 unspecified atom stereocenters. The van der Waals surface area contributed by atoms with Crippen LogP contribution in [0.4, 0.5) is 5.13 Å². The van der Waals surface area contributed by atoms with E-state index in [1.54, 1.807) is 18.3 Å². The summed E-state index contributed by atoms with van der Waals surface area (Å²) in [6.45, 7) is 7.85. The van der Waals surface area contributed by atoms with Gasteiger partial charge in [-0.1, -0.05) is 18.3 Å². The molecule has 2 rings (SSSR count). The molecule has 7 heteroatoms. The van der Waals surface area contributed by atoms with E-state index in [2.05, 4.69) is 15.3 Å². The zero-order valence-corrected chi connectivity index (χ0v) is 13.6. The summed E-state index contributed by atoms with van der Waals surface area (Å²) in [5.41, 5.74) is 7.33. The molecule has 108 valence electrons. The van der Waals surface area contributed by atoms with Crippen molar-refractivity contribution < 1.29 is 4.79 Å². The maximum Gasteiger partial charge on any atom is 0.263 e. The first-order valence-electron chi connectivity index (χ1n) is 6.40. The van der Waals surface area contributed by atoms with Crippen molar-refractivity contribution in [3.63, 3.8) is 0 Å². The van der Waals surface area contributed by atoms with E-state index in [4.69, 9.17) is 5.73 Å². The molecule has 0 saturated carbocycles. The van der Waals surface area contributed by atoms with Gasteiger partial charge in [0.1, 0.15) is 9.88 Å². The monoisotopic (exact) mass is 310 g/mol. The molecule has 0 spiro atoms. The SMILES string of the molecule is CCC(NC(=O)c1sc(N)nc1C)c1nc(C)c(C)s1. The number of anilines is 1. The second-order valence-corrected chi connectivity index (χ2v) is 6.86. The Balaban J connectivity index is 2.18. The minimum absolute atomic E-state index is 0.0670. The molecule has 2 heterocycles. The molecule has 0 aliphatic rings. The second-order valence-electron chi connectivity index (χ2n) is 4.59. The van der Waals surface area contributed by atoms with E-state index in [0.717, 1.165) is 17.1 Å². The summed E-state index contributed by atoms with van der Waals surface area (Å²) in [4.78, 5) is 22.7. The van der Waals surface area contributed by atoms with E-state index in [1.807, 2.05) is 20.8 Å². The van der Waals surface area contributed by atoms with E-state index in [-0.39, 0.29) is 11.9 Å². The molecule has 0 aliphatic heterocycles. The third kappa shape index (κ3) is 2.99. The van der Waals surface area contributed by atoms with Gasteiger partial charge in [-0.25, -0.2) is 9.97 Å². The van der Waals surface area contributed by atoms with Gasteiger partial charge < -0.3 is 11.1 Å². The molecule has 0 saturated heterocycles. The standard InChI is InChI=1S/C13H18N4OS2/c1-5-9(12-15-6(2)8(4)19-12)17-11(18)10-7(3)16-13(14)20-10/h9H,5H2,1-4H3,(H2,14,16)(H,17,18). The number of amides is 1. The van der Waals surface area contributed by atoms with Crippen molar-refractivity contribution in [2.75, 3.05) is 5.73 Å². The zero-order chi connectivity index (χ0) is 14.9. The van der Waals surface area contributed by atoms with Crippen LogP contribution in [0.15, 0.2) is 0 Å². The first-order valence-corrected chi connectivity index (χ1v) is 8.03. The highest BCUT2D eigenvalue weighted by atomic mass is 32.1. The predicted octanol–water partition coefficient (Wildman–Crippen LogP) is 2.99. The minimum atomic E-state index is -0.131. The number of hydrogen-bond acceptors (Lipinski definition) is 6. The summed E-state index contributed by atoms with van der Waals surface area (Å²) in [6.07, 6.45) is 0.797. The predicted molar refractivity (Wildman–Crippen MR) is 83.3 cm³/mol. The van der Waals surface area contributed by atoms with Gasteiger partial charge in [0.2, 0.25) is 0 Å². The van der Waals surface area contributed by atoms with Crippen LogP contribution in [0.2, 0.25) is 0 Å². The maximum absolute atomic E-state index is 12.3. The van der Waals surface area contributed by atoms with Crippen LogP contribution >= 0.6 is 22.7 Å². The fourth-order valence-corrected chi connectivity index (χ4v) is 3.63. The smallest absolute Gasteiger partial charge is 0.263 e. The van der Waals surface area contributed by atoms with Crippen LogP contribution in [-0.4, -0.2) is 15.9 Å². The van der Waals surface area contributed by atoms with Crippen LogP contribution in [0.3, 0.4) is 0 Å². The first kappa shape index (κ1) is 14.9. The lowest BCUT2D eigenvalue weighted by molar-refractivity contribution is 0.0939. The van der Waals surface area contributed by atoms with Crippen molar-refractivity contribution in [3.8, 4) is 0 Å². The molecular weight excluding hydrogens is 292 g/mol. The van der Waals surface area contributed by atoms with E-state index in [0.29, 0.717) is 15.7 Å². The van der Waals surface area contributed by atoms with Crippen LogP contribution in [0, 0.1) is 20.8 Å². The number of carbonyl (C=O) groups excluding carboxylic acids is 1. The Morgan fingerprint density at radius 3 is 2.40 bits per heavy atom. The lowest BCUT2D eigenvalue weighted by Crippen LogP contribution is -2.28. The van der Waals surface area contributed by atoms with Crippen molar-refractivity contribution in [1.82, 2.24) is 15.3 Å². The van der Waals surface area contributed by atoms with Gasteiger partial charge >= 0.3 is 0 Å². The Hall–Kier alpha value is -1.47. The molecule has 0 aliphatic carbocycles. The van der Waals surface area contributed by atoms with Crippen molar-refractivity contribution in [2.45, 2.75) is 40.2 Å². The van der Waals surface area contributed by atoms with Gasteiger partial charge in [0.15, 0.2) is 5.13 Å². The van der Waals surface area contributed by atoms with Gasteiger partial charge in [-0.05, 0) is 27.2 Å². The van der Waals surface area contributed by atoms with Gasteiger partial charge in [-0.2, -0.15) is 0 Å². The highest BCUT2D eigenvalue weighted by Crippen LogP contribution is 2.26. The maximum atomic E-state index is 12.3. The van der Waals surface area contributed by atoms with Gasteiger partial charge in [-0.3, -0.25) is 4.79 Å². The summed E-state index contributed by atoms with van der Waals surface area (Å²) < 4.78 is 0. The van der Waals surface area contributed by atoms with Crippen molar-refractivity contribution in [2.24, 2.45) is 0 Å². The van der Waals surface area contributed by atoms with Crippen LogP contribution < -0.4 is 11.1 Å². The van der Waals surface area contributed by atoms with Crippen molar-refractivity contribution in [1.29, 1.82) is 0 Å². The molecule has 3 N–H and O–H groups in total. The largest absolute Gasteiger partial charge is 0.375 e. The Morgan fingerprint density at radius 1 is 1.25 bits per heavy atom. The highest BCUT2D eigenvalue weighted by molar-refractivity contribution is 7.17. The van der Waals surface area contributed by atoms with E-state index in [9.17, 15) is 4.79 Å². The summed E-state index contributed by atoms with van der Waals surface area (Å²) in [5.74, 6) is -0.131. The number of nitrogens with one attached hydrogen (secondary N) is 1. The second kappa shape index (κ2) is 5.88. The molecule has 0 fully saturated rings. The number of hydrogen-bond donors (Lipinski definition) is 2. The summed E-state index contributed by atoms with van der Waals surface area (Å²) in [6, 6.07) is -0.0670. The third-order valence-electron chi connectivity index (χ3n) is 3.08. The number of rotatable bonds is 4. The third-order valence-corrected chi connectivity index (χ3v) is 5.25. The molecule has 2 aromatic rings. The van der Waals surface area contributed by atoms with E-state index in [1.165, 1.54) is 16.2 Å². The fraction of sp³-hybridized carbons (Fsp3) is 0.462. The molecule has 0 radical (unpaired) electrons. The number of nitrogens with two attached hydrogens (primary N) is 1. The van der Waals surface area contributed by atoms with Crippen LogP contribution in [0.1, 0.15) is 50.3 Å². The Morgan fingerprint density at radius 2 is 1.95 bits per heavy atom. The molecule has 1 atom stereocenters. The molecule has 0 aromatic carbocycles. The number of nitrogens with zero attached hydrogens (tertiary/aromatic N) is 2. The lowest BCUT2D eigenvalue weighted by atomic mass is 10.2.